The first-order chi connectivity index (χ1) is 10.6. The highest BCUT2D eigenvalue weighted by molar-refractivity contribution is 6.49. The molecule has 22 heavy (non-hydrogen) atoms. The summed E-state index contributed by atoms with van der Waals surface area (Å²) in [5, 5.41) is 8.86. The smallest absolute Gasteiger partial charge is 0.251 e. The molecule has 2 aromatic rings. The van der Waals surface area contributed by atoms with Crippen LogP contribution < -0.4 is 10.9 Å². The third-order valence-corrected chi connectivity index (χ3v) is 5.13. The van der Waals surface area contributed by atoms with Gasteiger partial charge in [-0.2, -0.15) is 5.10 Å². The van der Waals surface area contributed by atoms with Crippen molar-refractivity contribution in [1.29, 1.82) is 0 Å². The molecule has 1 fully saturated rings. The standard InChI is InChI=1S/C16H19ClN4O/c1-9-2-3-11(17)14-15(9)20-21-12(8-13(22)19-16(14)21)10-4-6-18-7-5-10/h3,8-10,18H,2,4-7H2,1H3,(H,19,22). The molecule has 6 heteroatoms. The Bertz CT molecular complexity index is 813. The number of fused-ring (bicyclic) bond motifs is 3. The van der Waals surface area contributed by atoms with E-state index in [0.29, 0.717) is 16.9 Å². The molecule has 0 radical (unpaired) electrons. The van der Waals surface area contributed by atoms with Crippen molar-refractivity contribution in [3.05, 3.63) is 39.4 Å². The van der Waals surface area contributed by atoms with Gasteiger partial charge >= 0.3 is 0 Å². The number of aromatic amines is 1. The zero-order valence-corrected chi connectivity index (χ0v) is 13.3. The van der Waals surface area contributed by atoms with E-state index in [1.165, 1.54) is 0 Å². The molecule has 2 N–H and O–H groups in total. The van der Waals surface area contributed by atoms with E-state index in [1.807, 2.05) is 10.6 Å². The van der Waals surface area contributed by atoms with Gasteiger partial charge < -0.3 is 10.3 Å². The first-order valence-electron chi connectivity index (χ1n) is 7.87. The van der Waals surface area contributed by atoms with Crippen molar-refractivity contribution in [2.45, 2.75) is 38.0 Å². The molecule has 3 heterocycles. The minimum Gasteiger partial charge on any atom is -0.317 e. The van der Waals surface area contributed by atoms with Crippen molar-refractivity contribution in [3.63, 3.8) is 0 Å². The highest BCUT2D eigenvalue weighted by atomic mass is 35.5. The van der Waals surface area contributed by atoms with Crippen molar-refractivity contribution in [3.8, 4) is 0 Å². The van der Waals surface area contributed by atoms with Crippen LogP contribution in [0.15, 0.2) is 16.9 Å². The number of halogens is 1. The Labute approximate surface area is 133 Å². The number of allylic oxidation sites excluding steroid dienone is 1. The number of piperidine rings is 1. The van der Waals surface area contributed by atoms with E-state index in [1.54, 1.807) is 6.07 Å². The fraction of sp³-hybridized carbons (Fsp3) is 0.500. The molecule has 2 aromatic heterocycles. The maximum Gasteiger partial charge on any atom is 0.251 e. The van der Waals surface area contributed by atoms with Gasteiger partial charge in [-0.15, -0.1) is 0 Å². The van der Waals surface area contributed by atoms with Gasteiger partial charge in [-0.25, -0.2) is 4.52 Å². The van der Waals surface area contributed by atoms with Gasteiger partial charge in [0.05, 0.1) is 17.0 Å². The molecule has 4 rings (SSSR count). The van der Waals surface area contributed by atoms with E-state index in [2.05, 4.69) is 17.2 Å². The predicted molar refractivity (Wildman–Crippen MR) is 87.5 cm³/mol. The number of rotatable bonds is 1. The van der Waals surface area contributed by atoms with Crippen LogP contribution in [0.25, 0.3) is 10.7 Å². The minimum absolute atomic E-state index is 0.0774. The Kier molecular flexibility index (Phi) is 3.35. The van der Waals surface area contributed by atoms with Crippen LogP contribution in [0.1, 0.15) is 55.0 Å². The van der Waals surface area contributed by atoms with Crippen LogP contribution in [-0.4, -0.2) is 27.7 Å². The fourth-order valence-electron chi connectivity index (χ4n) is 3.57. The highest BCUT2D eigenvalue weighted by Crippen LogP contribution is 2.38. The van der Waals surface area contributed by atoms with Crippen molar-refractivity contribution in [2.75, 3.05) is 13.1 Å². The van der Waals surface area contributed by atoms with Crippen LogP contribution in [-0.2, 0) is 0 Å². The quantitative estimate of drug-likeness (QED) is 0.849. The third kappa shape index (κ3) is 2.11. The van der Waals surface area contributed by atoms with Gasteiger partial charge in [0.1, 0.15) is 5.65 Å². The molecule has 1 unspecified atom stereocenters. The first kappa shape index (κ1) is 14.0. The van der Waals surface area contributed by atoms with Crippen molar-refractivity contribution in [2.24, 2.45) is 0 Å². The number of nitrogens with one attached hydrogen (secondary N) is 2. The van der Waals surface area contributed by atoms with E-state index >= 15 is 0 Å². The van der Waals surface area contributed by atoms with Gasteiger partial charge in [0, 0.05) is 22.9 Å². The summed E-state index contributed by atoms with van der Waals surface area (Å²) < 4.78 is 1.92. The average molecular weight is 319 g/mol. The van der Waals surface area contributed by atoms with Gasteiger partial charge in [0.25, 0.3) is 5.56 Å². The zero-order chi connectivity index (χ0) is 15.3. The van der Waals surface area contributed by atoms with E-state index < -0.39 is 0 Å². The lowest BCUT2D eigenvalue weighted by Gasteiger charge is -2.23. The predicted octanol–water partition coefficient (Wildman–Crippen LogP) is 2.58. The zero-order valence-electron chi connectivity index (χ0n) is 12.5. The number of nitrogens with zero attached hydrogens (tertiary/aromatic N) is 2. The highest BCUT2D eigenvalue weighted by Gasteiger charge is 2.27. The molecule has 0 amide bonds. The van der Waals surface area contributed by atoms with Crippen molar-refractivity contribution >= 4 is 22.3 Å². The van der Waals surface area contributed by atoms with Crippen LogP contribution >= 0.6 is 11.6 Å². The van der Waals surface area contributed by atoms with Gasteiger partial charge in [-0.3, -0.25) is 4.79 Å². The minimum atomic E-state index is -0.0774. The number of hydrogen-bond donors (Lipinski definition) is 2. The second-order valence-electron chi connectivity index (χ2n) is 6.29. The summed E-state index contributed by atoms with van der Waals surface area (Å²) in [6, 6.07) is 1.70. The molecule has 116 valence electrons. The molecule has 1 saturated heterocycles. The molecule has 0 aromatic carbocycles. The lowest BCUT2D eigenvalue weighted by atomic mass is 9.94. The maximum absolute atomic E-state index is 12.1. The SMILES string of the molecule is CC1CC=C(Cl)c2c1nn1c(C3CCNCC3)cc(=O)[nH]c21. The van der Waals surface area contributed by atoms with Gasteiger partial charge in [0.2, 0.25) is 0 Å². The Balaban J connectivity index is 1.97. The Morgan fingerprint density at radius 1 is 1.36 bits per heavy atom. The van der Waals surface area contributed by atoms with Gasteiger partial charge in [-0.1, -0.05) is 24.6 Å². The number of hydrogen-bond acceptors (Lipinski definition) is 3. The summed E-state index contributed by atoms with van der Waals surface area (Å²) in [5.41, 5.74) is 3.56. The van der Waals surface area contributed by atoms with Crippen LogP contribution in [0, 0.1) is 0 Å². The van der Waals surface area contributed by atoms with Crippen LogP contribution in [0.4, 0.5) is 0 Å². The molecule has 0 saturated carbocycles. The molecular formula is C16H19ClN4O. The maximum atomic E-state index is 12.1. The Morgan fingerprint density at radius 2 is 2.14 bits per heavy atom. The second-order valence-corrected chi connectivity index (χ2v) is 6.70. The molecule has 0 bridgehead atoms. The van der Waals surface area contributed by atoms with E-state index in [-0.39, 0.29) is 5.56 Å². The third-order valence-electron chi connectivity index (χ3n) is 4.79. The Hall–Kier alpha value is -1.59. The molecule has 1 aliphatic carbocycles. The van der Waals surface area contributed by atoms with E-state index in [9.17, 15) is 4.79 Å². The number of H-pyrrole nitrogens is 1. The topological polar surface area (TPSA) is 62.2 Å². The lowest BCUT2D eigenvalue weighted by molar-refractivity contribution is 0.446. The first-order valence-corrected chi connectivity index (χ1v) is 8.25. The monoisotopic (exact) mass is 318 g/mol. The van der Waals surface area contributed by atoms with E-state index in [4.69, 9.17) is 16.7 Å². The largest absolute Gasteiger partial charge is 0.317 e. The molecule has 2 aliphatic rings. The van der Waals surface area contributed by atoms with Crippen molar-refractivity contribution in [1.82, 2.24) is 19.9 Å². The Morgan fingerprint density at radius 3 is 2.91 bits per heavy atom. The lowest BCUT2D eigenvalue weighted by Crippen LogP contribution is -2.28. The fourth-order valence-corrected chi connectivity index (χ4v) is 3.84. The molecule has 1 atom stereocenters. The van der Waals surface area contributed by atoms with Gasteiger partial charge in [0.15, 0.2) is 0 Å². The normalized spacial score (nSPS) is 22.6. The molecule has 0 spiro atoms. The van der Waals surface area contributed by atoms with Crippen LogP contribution in [0.3, 0.4) is 0 Å². The summed E-state index contributed by atoms with van der Waals surface area (Å²) in [7, 11) is 0. The summed E-state index contributed by atoms with van der Waals surface area (Å²) in [5.74, 6) is 0.687. The summed E-state index contributed by atoms with van der Waals surface area (Å²) in [6.45, 7) is 4.11. The van der Waals surface area contributed by atoms with Crippen LogP contribution in [0.5, 0.6) is 0 Å². The second kappa shape index (κ2) is 5.25. The summed E-state index contributed by atoms with van der Waals surface area (Å²) >= 11 is 6.40. The van der Waals surface area contributed by atoms with Gasteiger partial charge in [-0.05, 0) is 32.4 Å². The molecule has 5 nitrogen and oxygen atoms in total. The summed E-state index contributed by atoms with van der Waals surface area (Å²) in [6.07, 6.45) is 4.97. The molecular weight excluding hydrogens is 300 g/mol. The van der Waals surface area contributed by atoms with Crippen molar-refractivity contribution < 1.29 is 0 Å². The number of aromatic nitrogens is 3. The summed E-state index contributed by atoms with van der Waals surface area (Å²) in [4.78, 5) is 15.1. The van der Waals surface area contributed by atoms with Crippen LogP contribution in [0.2, 0.25) is 0 Å². The molecule has 1 aliphatic heterocycles. The average Bonchev–Trinajstić information content (AvgIpc) is 2.91. The van der Waals surface area contributed by atoms with E-state index in [0.717, 1.165) is 55.0 Å².